The first-order chi connectivity index (χ1) is 3.12. The second kappa shape index (κ2) is 4.04. The Kier molecular flexibility index (Phi) is 5.54. The number of halogens is 3. The van der Waals surface area contributed by atoms with Gasteiger partial charge in [0.2, 0.25) is 0 Å². The van der Waals surface area contributed by atoms with E-state index in [9.17, 15) is 8.78 Å². The number of hydrogen-bond acceptors (Lipinski definition) is 1. The van der Waals surface area contributed by atoms with E-state index in [0.29, 0.717) is 0 Å². The van der Waals surface area contributed by atoms with Crippen LogP contribution in [0, 0.1) is 0 Å². The van der Waals surface area contributed by atoms with Crippen LogP contribution in [-0.2, 0) is 0 Å². The molecule has 0 aliphatic rings. The Balaban J connectivity index is 0. The maximum absolute atomic E-state index is 11.3. The Labute approximate surface area is 53.1 Å². The third-order valence-corrected chi connectivity index (χ3v) is 0.576. The highest BCUT2D eigenvalue weighted by Gasteiger charge is 2.18. The predicted octanol–water partition coefficient (Wildman–Crippen LogP) is 1.10. The first-order valence-corrected chi connectivity index (χ1v) is 1.97. The zero-order chi connectivity index (χ0) is 5.91. The molecule has 0 saturated heterocycles. The minimum absolute atomic E-state index is 0. The lowest BCUT2D eigenvalue weighted by Crippen LogP contribution is -2.28. The molecule has 0 aromatic rings. The van der Waals surface area contributed by atoms with Crippen LogP contribution >= 0.6 is 12.4 Å². The van der Waals surface area contributed by atoms with Gasteiger partial charge in [-0.3, -0.25) is 0 Å². The molecule has 0 saturated carbocycles. The van der Waals surface area contributed by atoms with Gasteiger partial charge in [0.1, 0.15) is 19.0 Å². The Hall–Kier alpha value is 0.110. The van der Waals surface area contributed by atoms with Crippen molar-refractivity contribution in [2.24, 2.45) is 0 Å². The van der Waals surface area contributed by atoms with Gasteiger partial charge in [0.25, 0.3) is 0 Å². The zero-order valence-corrected chi connectivity index (χ0v) is 5.34. The van der Waals surface area contributed by atoms with E-state index in [1.807, 2.05) is 0 Å². The fraction of sp³-hybridized carbons (Fsp3) is 1.00. The van der Waals surface area contributed by atoms with Crippen LogP contribution in [0.2, 0.25) is 0 Å². The topological polar surface area (TPSA) is 20.2 Å². The number of alkyl halides is 2. The Morgan fingerprint density at radius 2 is 1.62 bits per heavy atom. The van der Waals surface area contributed by atoms with E-state index < -0.39 is 19.0 Å². The normalized spacial score (nSPS) is 10.5. The molecule has 52 valence electrons. The van der Waals surface area contributed by atoms with E-state index in [0.717, 1.165) is 6.92 Å². The van der Waals surface area contributed by atoms with E-state index in [2.05, 4.69) is 0 Å². The summed E-state index contributed by atoms with van der Waals surface area (Å²) in [6, 6.07) is 0. The second-order valence-electron chi connectivity index (χ2n) is 1.76. The molecule has 0 radical (unpaired) electrons. The summed E-state index contributed by atoms with van der Waals surface area (Å²) in [5.74, 6) is 0. The van der Waals surface area contributed by atoms with Crippen LogP contribution in [0.5, 0.6) is 0 Å². The SMILES string of the molecule is CC(O)(CF)CF.Cl. The molecule has 0 unspecified atom stereocenters. The van der Waals surface area contributed by atoms with Crippen molar-refractivity contribution in [1.29, 1.82) is 0 Å². The first kappa shape index (κ1) is 11.0. The van der Waals surface area contributed by atoms with Gasteiger partial charge < -0.3 is 5.11 Å². The molecule has 0 spiro atoms. The van der Waals surface area contributed by atoms with Crippen LogP contribution in [-0.4, -0.2) is 24.1 Å². The number of aliphatic hydroxyl groups is 1. The third-order valence-electron chi connectivity index (χ3n) is 0.576. The highest BCUT2D eigenvalue weighted by Crippen LogP contribution is 2.02. The largest absolute Gasteiger partial charge is 0.385 e. The van der Waals surface area contributed by atoms with Gasteiger partial charge in [-0.2, -0.15) is 0 Å². The lowest BCUT2D eigenvalue weighted by atomic mass is 10.2. The molecule has 0 aliphatic carbocycles. The van der Waals surface area contributed by atoms with E-state index in [-0.39, 0.29) is 12.4 Å². The second-order valence-corrected chi connectivity index (χ2v) is 1.76. The van der Waals surface area contributed by atoms with Crippen molar-refractivity contribution >= 4 is 12.4 Å². The minimum atomic E-state index is -1.75. The molecule has 0 bridgehead atoms. The molecule has 0 amide bonds. The smallest absolute Gasteiger partial charge is 0.120 e. The fourth-order valence-electron chi connectivity index (χ4n) is 0.0357. The van der Waals surface area contributed by atoms with Gasteiger partial charge >= 0.3 is 0 Å². The summed E-state index contributed by atoms with van der Waals surface area (Å²) in [5, 5.41) is 8.38. The Bertz CT molecular complexity index is 52.0. The highest BCUT2D eigenvalue weighted by molar-refractivity contribution is 5.85. The van der Waals surface area contributed by atoms with Crippen LogP contribution < -0.4 is 0 Å². The maximum Gasteiger partial charge on any atom is 0.120 e. The van der Waals surface area contributed by atoms with E-state index >= 15 is 0 Å². The van der Waals surface area contributed by atoms with Gasteiger partial charge in [0.15, 0.2) is 0 Å². The lowest BCUT2D eigenvalue weighted by Gasteiger charge is -2.11. The summed E-state index contributed by atoms with van der Waals surface area (Å²) in [5.41, 5.74) is -1.75. The van der Waals surface area contributed by atoms with Crippen molar-refractivity contribution in [2.45, 2.75) is 12.5 Å². The minimum Gasteiger partial charge on any atom is -0.385 e. The molecule has 0 aliphatic heterocycles. The standard InChI is InChI=1S/C4H8F2O.ClH/c1-4(7,2-5)3-6;/h7H,2-3H2,1H3;1H. The van der Waals surface area contributed by atoms with Gasteiger partial charge in [0.05, 0.1) is 0 Å². The van der Waals surface area contributed by atoms with Crippen LogP contribution in [0.4, 0.5) is 8.78 Å². The van der Waals surface area contributed by atoms with E-state index in [1.54, 1.807) is 0 Å². The van der Waals surface area contributed by atoms with Crippen molar-refractivity contribution in [3.63, 3.8) is 0 Å². The monoisotopic (exact) mass is 146 g/mol. The first-order valence-electron chi connectivity index (χ1n) is 1.97. The molecular formula is C4H9ClF2O. The quantitative estimate of drug-likeness (QED) is 0.619. The van der Waals surface area contributed by atoms with Gasteiger partial charge in [0, 0.05) is 0 Å². The molecule has 1 nitrogen and oxygen atoms in total. The summed E-state index contributed by atoms with van der Waals surface area (Å²) < 4.78 is 22.6. The zero-order valence-electron chi connectivity index (χ0n) is 4.53. The fourth-order valence-corrected chi connectivity index (χ4v) is 0.0357. The van der Waals surface area contributed by atoms with Crippen molar-refractivity contribution < 1.29 is 13.9 Å². The third kappa shape index (κ3) is 4.27. The molecule has 4 heteroatoms. The number of hydrogen-bond donors (Lipinski definition) is 1. The molecule has 1 N–H and O–H groups in total. The molecule has 0 aromatic heterocycles. The van der Waals surface area contributed by atoms with Gasteiger partial charge in [-0.05, 0) is 6.92 Å². The molecule has 0 fully saturated rings. The Morgan fingerprint density at radius 1 is 1.38 bits per heavy atom. The average Bonchev–Trinajstić information content (AvgIpc) is 1.68. The van der Waals surface area contributed by atoms with Crippen LogP contribution in [0.25, 0.3) is 0 Å². The van der Waals surface area contributed by atoms with Crippen molar-refractivity contribution in [2.75, 3.05) is 13.3 Å². The van der Waals surface area contributed by atoms with Gasteiger partial charge in [-0.15, -0.1) is 12.4 Å². The van der Waals surface area contributed by atoms with Gasteiger partial charge in [-0.1, -0.05) is 0 Å². The summed E-state index contributed by atoms with van der Waals surface area (Å²) in [7, 11) is 0. The summed E-state index contributed by atoms with van der Waals surface area (Å²) in [6.45, 7) is -0.944. The van der Waals surface area contributed by atoms with Crippen molar-refractivity contribution in [1.82, 2.24) is 0 Å². The number of rotatable bonds is 2. The molecule has 0 heterocycles. The maximum atomic E-state index is 11.3. The predicted molar refractivity (Wildman–Crippen MR) is 29.8 cm³/mol. The summed E-state index contributed by atoms with van der Waals surface area (Å²) >= 11 is 0. The molecule has 0 atom stereocenters. The summed E-state index contributed by atoms with van der Waals surface area (Å²) in [6.07, 6.45) is 0. The molecule has 0 aromatic carbocycles. The van der Waals surface area contributed by atoms with E-state index in [1.165, 1.54) is 0 Å². The molecule has 8 heavy (non-hydrogen) atoms. The lowest BCUT2D eigenvalue weighted by molar-refractivity contribution is 0.0107. The molecule has 0 rings (SSSR count). The Morgan fingerprint density at radius 3 is 1.62 bits per heavy atom. The average molecular weight is 147 g/mol. The van der Waals surface area contributed by atoms with E-state index in [4.69, 9.17) is 5.11 Å². The van der Waals surface area contributed by atoms with Crippen molar-refractivity contribution in [3.8, 4) is 0 Å². The molecular weight excluding hydrogens is 137 g/mol. The summed E-state index contributed by atoms with van der Waals surface area (Å²) in [4.78, 5) is 0. The van der Waals surface area contributed by atoms with Crippen LogP contribution in [0.15, 0.2) is 0 Å². The van der Waals surface area contributed by atoms with Crippen LogP contribution in [0.3, 0.4) is 0 Å². The van der Waals surface area contributed by atoms with Crippen molar-refractivity contribution in [3.05, 3.63) is 0 Å². The van der Waals surface area contributed by atoms with Crippen LogP contribution in [0.1, 0.15) is 6.92 Å². The highest BCUT2D eigenvalue weighted by atomic mass is 35.5. The van der Waals surface area contributed by atoms with Gasteiger partial charge in [-0.25, -0.2) is 8.78 Å².